The van der Waals surface area contributed by atoms with Crippen molar-refractivity contribution in [3.05, 3.63) is 23.8 Å². The van der Waals surface area contributed by atoms with Crippen LogP contribution in [0.3, 0.4) is 0 Å². The number of likely N-dealkylation sites (tertiary alicyclic amines) is 1. The smallest absolute Gasteiger partial charge is 0.274 e. The van der Waals surface area contributed by atoms with E-state index in [9.17, 15) is 4.79 Å². The van der Waals surface area contributed by atoms with Gasteiger partial charge in [-0.1, -0.05) is 12.8 Å². The highest BCUT2D eigenvalue weighted by Crippen LogP contribution is 2.35. The molecule has 4 heteroatoms. The highest BCUT2D eigenvalue weighted by atomic mass is 16.2. The number of piperidine rings is 1. The van der Waals surface area contributed by atoms with E-state index < -0.39 is 0 Å². The maximum atomic E-state index is 12.6. The number of carbonyl (C=O) groups excluding carboxylic acids is 1. The van der Waals surface area contributed by atoms with Gasteiger partial charge in [0.05, 0.1) is 11.9 Å². The predicted molar refractivity (Wildman–Crippen MR) is 72.8 cm³/mol. The molecular formula is C15H21N3O. The quantitative estimate of drug-likeness (QED) is 0.778. The van der Waals surface area contributed by atoms with Crippen LogP contribution in [0.1, 0.15) is 54.7 Å². The fraction of sp³-hybridized carbons (Fsp3) is 0.667. The number of hydrogen-bond acceptors (Lipinski definition) is 3. The van der Waals surface area contributed by atoms with Crippen molar-refractivity contribution in [1.82, 2.24) is 14.9 Å². The average Bonchev–Trinajstić information content (AvgIpc) is 2.47. The topological polar surface area (TPSA) is 46.1 Å². The fourth-order valence-electron chi connectivity index (χ4n) is 3.53. The van der Waals surface area contributed by atoms with Gasteiger partial charge < -0.3 is 4.90 Å². The molecule has 102 valence electrons. The van der Waals surface area contributed by atoms with E-state index in [0.717, 1.165) is 25.1 Å². The molecule has 1 aromatic heterocycles. The highest BCUT2D eigenvalue weighted by Gasteiger charge is 2.36. The molecule has 0 radical (unpaired) electrons. The van der Waals surface area contributed by atoms with Crippen LogP contribution in [0.4, 0.5) is 0 Å². The second-order valence-corrected chi connectivity index (χ2v) is 5.80. The van der Waals surface area contributed by atoms with Crippen LogP contribution in [0.2, 0.25) is 0 Å². The van der Waals surface area contributed by atoms with Gasteiger partial charge >= 0.3 is 0 Å². The number of fused-ring (bicyclic) bond motifs is 1. The summed E-state index contributed by atoms with van der Waals surface area (Å²) in [7, 11) is 0. The summed E-state index contributed by atoms with van der Waals surface area (Å²) in [6.07, 6.45) is 10.7. The Kier molecular flexibility index (Phi) is 3.49. The Morgan fingerprint density at radius 2 is 1.95 bits per heavy atom. The van der Waals surface area contributed by atoms with Gasteiger partial charge in [-0.25, -0.2) is 4.98 Å². The van der Waals surface area contributed by atoms with Crippen molar-refractivity contribution in [3.63, 3.8) is 0 Å². The Labute approximate surface area is 114 Å². The molecule has 1 aromatic rings. The highest BCUT2D eigenvalue weighted by molar-refractivity contribution is 5.92. The minimum Gasteiger partial charge on any atom is -0.334 e. The fourth-order valence-corrected chi connectivity index (χ4v) is 3.53. The molecule has 1 amide bonds. The summed E-state index contributed by atoms with van der Waals surface area (Å²) >= 11 is 0. The summed E-state index contributed by atoms with van der Waals surface area (Å²) in [4.78, 5) is 23.1. The molecular weight excluding hydrogens is 238 g/mol. The van der Waals surface area contributed by atoms with Gasteiger partial charge in [0.2, 0.25) is 0 Å². The Bertz CT molecular complexity index is 455. The molecule has 2 atom stereocenters. The molecule has 0 spiro atoms. The van der Waals surface area contributed by atoms with Crippen molar-refractivity contribution in [2.45, 2.75) is 51.5 Å². The largest absolute Gasteiger partial charge is 0.334 e. The van der Waals surface area contributed by atoms with E-state index in [-0.39, 0.29) is 5.91 Å². The molecule has 4 nitrogen and oxygen atoms in total. The Hall–Kier alpha value is -1.45. The van der Waals surface area contributed by atoms with E-state index in [1.807, 2.05) is 6.92 Å². The molecule has 3 rings (SSSR count). The minimum absolute atomic E-state index is 0.0732. The first-order valence-electron chi connectivity index (χ1n) is 7.35. The summed E-state index contributed by atoms with van der Waals surface area (Å²) < 4.78 is 0. The van der Waals surface area contributed by atoms with Crippen LogP contribution in [0, 0.1) is 12.8 Å². The Morgan fingerprint density at radius 3 is 2.74 bits per heavy atom. The van der Waals surface area contributed by atoms with Gasteiger partial charge in [-0.3, -0.25) is 9.78 Å². The van der Waals surface area contributed by atoms with Crippen molar-refractivity contribution in [2.24, 2.45) is 5.92 Å². The molecule has 1 aliphatic heterocycles. The van der Waals surface area contributed by atoms with Crippen LogP contribution < -0.4 is 0 Å². The zero-order valence-electron chi connectivity index (χ0n) is 11.5. The summed E-state index contributed by atoms with van der Waals surface area (Å²) in [6, 6.07) is 0.443. The second-order valence-electron chi connectivity index (χ2n) is 5.80. The zero-order chi connectivity index (χ0) is 13.2. The van der Waals surface area contributed by atoms with Crippen molar-refractivity contribution in [1.29, 1.82) is 0 Å². The van der Waals surface area contributed by atoms with Crippen LogP contribution in [0.5, 0.6) is 0 Å². The molecule has 0 N–H and O–H groups in total. The number of aryl methyl sites for hydroxylation is 1. The van der Waals surface area contributed by atoms with Gasteiger partial charge in [-0.15, -0.1) is 0 Å². The maximum absolute atomic E-state index is 12.6. The molecule has 0 aromatic carbocycles. The molecule has 1 saturated heterocycles. The summed E-state index contributed by atoms with van der Waals surface area (Å²) in [5, 5.41) is 0. The van der Waals surface area contributed by atoms with Gasteiger partial charge in [0, 0.05) is 18.8 Å². The van der Waals surface area contributed by atoms with Gasteiger partial charge in [0.1, 0.15) is 5.69 Å². The maximum Gasteiger partial charge on any atom is 0.274 e. The van der Waals surface area contributed by atoms with Crippen LogP contribution in [0.25, 0.3) is 0 Å². The summed E-state index contributed by atoms with van der Waals surface area (Å²) in [5.74, 6) is 0.786. The third kappa shape index (κ3) is 2.48. The lowest BCUT2D eigenvalue weighted by atomic mass is 9.78. The first-order valence-corrected chi connectivity index (χ1v) is 7.35. The molecule has 2 aliphatic rings. The Morgan fingerprint density at radius 1 is 1.16 bits per heavy atom. The molecule has 0 bridgehead atoms. The third-order valence-electron chi connectivity index (χ3n) is 4.50. The molecule has 2 unspecified atom stereocenters. The normalized spacial score (nSPS) is 26.9. The second kappa shape index (κ2) is 5.27. The molecule has 2 fully saturated rings. The number of rotatable bonds is 1. The lowest BCUT2D eigenvalue weighted by Crippen LogP contribution is -2.49. The molecule has 1 saturated carbocycles. The first-order chi connectivity index (χ1) is 9.25. The van der Waals surface area contributed by atoms with Gasteiger partial charge in [0.15, 0.2) is 0 Å². The Balaban J connectivity index is 1.79. The summed E-state index contributed by atoms with van der Waals surface area (Å²) in [5.41, 5.74) is 1.35. The van der Waals surface area contributed by atoms with Crippen molar-refractivity contribution in [3.8, 4) is 0 Å². The minimum atomic E-state index is 0.0732. The number of carbonyl (C=O) groups is 1. The van der Waals surface area contributed by atoms with Crippen LogP contribution in [-0.4, -0.2) is 33.4 Å². The number of amides is 1. The summed E-state index contributed by atoms with van der Waals surface area (Å²) in [6.45, 7) is 2.77. The zero-order valence-corrected chi connectivity index (χ0v) is 11.5. The lowest BCUT2D eigenvalue weighted by molar-refractivity contribution is 0.0385. The van der Waals surface area contributed by atoms with E-state index in [1.54, 1.807) is 12.4 Å². The average molecular weight is 259 g/mol. The molecule has 2 heterocycles. The number of nitrogens with zero attached hydrogens (tertiary/aromatic N) is 3. The first kappa shape index (κ1) is 12.6. The number of hydrogen-bond donors (Lipinski definition) is 0. The monoisotopic (exact) mass is 259 g/mol. The van der Waals surface area contributed by atoms with Crippen LogP contribution >= 0.6 is 0 Å². The van der Waals surface area contributed by atoms with Crippen molar-refractivity contribution < 1.29 is 4.79 Å². The standard InChI is InChI=1S/C15H21N3O/c1-11-9-17-13(10-16-11)15(19)18-8-4-6-12-5-2-3-7-14(12)18/h9-10,12,14H,2-8H2,1H3. The van der Waals surface area contributed by atoms with Crippen LogP contribution in [-0.2, 0) is 0 Å². The van der Waals surface area contributed by atoms with Gasteiger partial charge in [-0.2, -0.15) is 0 Å². The molecule has 1 aliphatic carbocycles. The van der Waals surface area contributed by atoms with Crippen molar-refractivity contribution in [2.75, 3.05) is 6.54 Å². The number of aromatic nitrogens is 2. The van der Waals surface area contributed by atoms with E-state index in [2.05, 4.69) is 14.9 Å². The van der Waals surface area contributed by atoms with E-state index in [1.165, 1.54) is 25.7 Å². The van der Waals surface area contributed by atoms with Crippen LogP contribution in [0.15, 0.2) is 12.4 Å². The third-order valence-corrected chi connectivity index (χ3v) is 4.50. The lowest BCUT2D eigenvalue weighted by Gasteiger charge is -2.43. The SMILES string of the molecule is Cc1cnc(C(=O)N2CCCC3CCCCC32)cn1. The van der Waals surface area contributed by atoms with Gasteiger partial charge in [-0.05, 0) is 38.5 Å². The van der Waals surface area contributed by atoms with E-state index in [4.69, 9.17) is 0 Å². The van der Waals surface area contributed by atoms with E-state index >= 15 is 0 Å². The molecule has 19 heavy (non-hydrogen) atoms. The van der Waals surface area contributed by atoms with Gasteiger partial charge in [0.25, 0.3) is 5.91 Å². The predicted octanol–water partition coefficient (Wildman–Crippen LogP) is 2.58. The van der Waals surface area contributed by atoms with Crippen molar-refractivity contribution >= 4 is 5.91 Å². The van der Waals surface area contributed by atoms with E-state index in [0.29, 0.717) is 17.7 Å².